The van der Waals surface area contributed by atoms with Gasteiger partial charge in [-0.2, -0.15) is 0 Å². The second-order valence-electron chi connectivity index (χ2n) is 10.9. The zero-order chi connectivity index (χ0) is 30.3. The van der Waals surface area contributed by atoms with Crippen LogP contribution in [0.3, 0.4) is 0 Å². The molecule has 8 heteroatoms. The first-order valence-corrected chi connectivity index (χ1v) is 15.9. The lowest BCUT2D eigenvalue weighted by atomic mass is 9.82. The quantitative estimate of drug-likeness (QED) is 0.169. The van der Waals surface area contributed by atoms with Crippen molar-refractivity contribution in [1.29, 1.82) is 0 Å². The van der Waals surface area contributed by atoms with E-state index >= 15 is 0 Å². The number of rotatable bonds is 15. The molecule has 0 bridgehead atoms. The van der Waals surface area contributed by atoms with Crippen molar-refractivity contribution in [2.45, 2.75) is 87.0 Å². The molecule has 0 radical (unpaired) electrons. The van der Waals surface area contributed by atoms with Gasteiger partial charge in [0.2, 0.25) is 11.8 Å². The Morgan fingerprint density at radius 1 is 0.952 bits per heavy atom. The van der Waals surface area contributed by atoms with Crippen molar-refractivity contribution in [2.24, 2.45) is 11.8 Å². The highest BCUT2D eigenvalue weighted by Crippen LogP contribution is 2.29. The van der Waals surface area contributed by atoms with E-state index in [0.717, 1.165) is 36.1 Å². The van der Waals surface area contributed by atoms with Gasteiger partial charge in [-0.1, -0.05) is 80.1 Å². The first-order chi connectivity index (χ1) is 20.3. The molecule has 42 heavy (non-hydrogen) atoms. The maximum atomic E-state index is 13.6. The summed E-state index contributed by atoms with van der Waals surface area (Å²) in [5.41, 5.74) is 1.00. The van der Waals surface area contributed by atoms with Crippen LogP contribution in [0.25, 0.3) is 0 Å². The predicted molar refractivity (Wildman–Crippen MR) is 170 cm³/mol. The third-order valence-electron chi connectivity index (χ3n) is 7.67. The first-order valence-electron chi connectivity index (χ1n) is 14.6. The molecule has 0 saturated heterocycles. The predicted octanol–water partition coefficient (Wildman–Crippen LogP) is 5.00. The van der Waals surface area contributed by atoms with Crippen LogP contribution in [0.15, 0.2) is 59.5 Å². The lowest BCUT2D eigenvalue weighted by Gasteiger charge is -2.33. The number of terminal acetylenes is 2. The van der Waals surface area contributed by atoms with Gasteiger partial charge in [0.05, 0.1) is 18.1 Å². The Hall–Kier alpha value is -2.94. The Kier molecular flexibility index (Phi) is 14.3. The van der Waals surface area contributed by atoms with Gasteiger partial charge in [0.15, 0.2) is 0 Å². The van der Waals surface area contributed by atoms with Crippen LogP contribution in [0.1, 0.15) is 56.9 Å². The molecule has 0 unspecified atom stereocenters. The highest BCUT2D eigenvalue weighted by Gasteiger charge is 2.33. The van der Waals surface area contributed by atoms with Crippen LogP contribution in [0.4, 0.5) is 0 Å². The fourth-order valence-electron chi connectivity index (χ4n) is 5.35. The van der Waals surface area contributed by atoms with Crippen LogP contribution in [0, 0.1) is 36.5 Å². The molecule has 1 aliphatic rings. The second kappa shape index (κ2) is 17.9. The number of aliphatic hydroxyl groups excluding tert-OH is 2. The van der Waals surface area contributed by atoms with Gasteiger partial charge in [0.25, 0.3) is 0 Å². The zero-order valence-electron chi connectivity index (χ0n) is 23.9. The van der Waals surface area contributed by atoms with Gasteiger partial charge in [-0.25, -0.2) is 0 Å². The smallest absolute Gasteiger partial charge is 0.243 e. The van der Waals surface area contributed by atoms with Crippen LogP contribution < -0.4 is 10.6 Å². The Morgan fingerprint density at radius 3 is 2.33 bits per heavy atom. The number of hydrogen-bond acceptors (Lipinski definition) is 5. The summed E-state index contributed by atoms with van der Waals surface area (Å²) in [6.07, 6.45) is 14.9. The van der Waals surface area contributed by atoms with Crippen molar-refractivity contribution < 1.29 is 19.8 Å². The van der Waals surface area contributed by atoms with Gasteiger partial charge < -0.3 is 20.8 Å². The Bertz CT molecular complexity index is 1220. The van der Waals surface area contributed by atoms with E-state index in [1.807, 2.05) is 48.5 Å². The average Bonchev–Trinajstić information content (AvgIpc) is 2.99. The number of benzene rings is 2. The van der Waals surface area contributed by atoms with Gasteiger partial charge in [-0.05, 0) is 42.5 Å². The van der Waals surface area contributed by atoms with Crippen molar-refractivity contribution >= 4 is 35.2 Å². The Balaban J connectivity index is 1.74. The molecule has 0 aliphatic heterocycles. The second-order valence-corrected chi connectivity index (χ2v) is 12.5. The van der Waals surface area contributed by atoms with Gasteiger partial charge in [-0.3, -0.25) is 9.59 Å². The molecule has 224 valence electrons. The van der Waals surface area contributed by atoms with E-state index in [9.17, 15) is 19.8 Å². The fraction of sp³-hybridized carbons (Fsp3) is 0.471. The molecule has 6 nitrogen and oxygen atoms in total. The molecular weight excluding hydrogens is 568 g/mol. The summed E-state index contributed by atoms with van der Waals surface area (Å²) in [5.74, 6) is 4.42. The zero-order valence-corrected chi connectivity index (χ0v) is 25.5. The highest BCUT2D eigenvalue weighted by atomic mass is 35.5. The number of carbonyl (C=O) groups is 2. The van der Waals surface area contributed by atoms with E-state index in [-0.39, 0.29) is 18.7 Å². The van der Waals surface area contributed by atoms with E-state index in [2.05, 4.69) is 22.5 Å². The molecule has 2 aromatic rings. The molecule has 1 saturated carbocycles. The summed E-state index contributed by atoms with van der Waals surface area (Å²) < 4.78 is 0. The minimum absolute atomic E-state index is 0.0176. The number of aliphatic hydroxyl groups is 2. The number of thioether (sulfide) groups is 1. The lowest BCUT2D eigenvalue weighted by Crippen LogP contribution is -2.55. The molecule has 2 amide bonds. The highest BCUT2D eigenvalue weighted by molar-refractivity contribution is 7.99. The third-order valence-corrected chi connectivity index (χ3v) is 9.06. The van der Waals surface area contributed by atoms with E-state index in [4.69, 9.17) is 24.4 Å². The van der Waals surface area contributed by atoms with Gasteiger partial charge >= 0.3 is 0 Å². The number of nitrogens with one attached hydrogen (secondary N) is 2. The van der Waals surface area contributed by atoms with Gasteiger partial charge in [0.1, 0.15) is 12.1 Å². The van der Waals surface area contributed by atoms with Gasteiger partial charge in [0, 0.05) is 28.5 Å². The van der Waals surface area contributed by atoms with Crippen molar-refractivity contribution in [3.63, 3.8) is 0 Å². The van der Waals surface area contributed by atoms with Crippen molar-refractivity contribution in [3.05, 3.63) is 65.2 Å². The molecule has 4 N–H and O–H groups in total. The number of halogens is 1. The summed E-state index contributed by atoms with van der Waals surface area (Å²) in [4.78, 5) is 28.1. The Labute approximate surface area is 259 Å². The molecule has 1 fully saturated rings. The maximum absolute atomic E-state index is 13.6. The molecule has 0 heterocycles. The molecule has 5 atom stereocenters. The number of carbonyl (C=O) groups excluding carboxylic acids is 2. The third kappa shape index (κ3) is 11.0. The normalized spacial score (nSPS) is 17.1. The average molecular weight is 609 g/mol. The number of hydrogen-bond donors (Lipinski definition) is 4. The summed E-state index contributed by atoms with van der Waals surface area (Å²) in [6, 6.07) is 15.4. The fourth-order valence-corrected chi connectivity index (χ4v) is 6.66. The molecule has 0 spiro atoms. The molecule has 1 aliphatic carbocycles. The maximum Gasteiger partial charge on any atom is 0.243 e. The molecule has 0 aromatic heterocycles. The lowest BCUT2D eigenvalue weighted by molar-refractivity contribution is -0.132. The summed E-state index contributed by atoms with van der Waals surface area (Å²) in [5, 5.41) is 27.8. The summed E-state index contributed by atoms with van der Waals surface area (Å²) in [6.45, 7) is 0. The SMILES string of the molecule is C#CC[C@H](NC(=O)[C@@H](CSc1cccc(Cl)c1)Cc1ccccc1)C(=O)N[C@@H](CC1CCCCC1)[C@@H](O)[C@@H](O)CC#C. The minimum Gasteiger partial charge on any atom is -0.389 e. The van der Waals surface area contributed by atoms with Gasteiger partial charge in [-0.15, -0.1) is 36.4 Å². The van der Waals surface area contributed by atoms with Crippen LogP contribution >= 0.6 is 23.4 Å². The van der Waals surface area contributed by atoms with Crippen molar-refractivity contribution in [1.82, 2.24) is 10.6 Å². The summed E-state index contributed by atoms with van der Waals surface area (Å²) in [7, 11) is 0. The van der Waals surface area contributed by atoms with Crippen LogP contribution in [0.5, 0.6) is 0 Å². The van der Waals surface area contributed by atoms with E-state index in [1.54, 1.807) is 6.07 Å². The molecule has 2 aromatic carbocycles. The standard InChI is InChI=1S/C34H41ClN2O4S/c1-3-12-29(34(41)37-30(32(39)31(38)13-4-2)21-25-16-9-6-10-17-25)36-33(40)26(20-24-14-7-5-8-15-24)23-42-28-19-11-18-27(35)22-28/h1-2,5,7-8,11,14-15,18-19,22,25-26,29-32,38-39H,6,9-10,12-13,16-17,20-21,23H2,(H,36,40)(H,37,41)/t26-,29+,30+,31+,32-/m1/s1. The molecule has 3 rings (SSSR count). The van der Waals surface area contributed by atoms with Crippen LogP contribution in [0.2, 0.25) is 5.02 Å². The topological polar surface area (TPSA) is 98.7 Å². The largest absolute Gasteiger partial charge is 0.389 e. The van der Waals surface area contributed by atoms with Crippen LogP contribution in [-0.2, 0) is 16.0 Å². The van der Waals surface area contributed by atoms with Crippen LogP contribution in [-0.4, -0.2) is 52.1 Å². The van der Waals surface area contributed by atoms with E-state index in [0.29, 0.717) is 29.5 Å². The van der Waals surface area contributed by atoms with E-state index in [1.165, 1.54) is 18.2 Å². The number of amides is 2. The minimum atomic E-state index is -1.24. The van der Waals surface area contributed by atoms with Crippen molar-refractivity contribution in [3.8, 4) is 24.7 Å². The Morgan fingerprint density at radius 2 is 1.67 bits per heavy atom. The first kappa shape index (κ1) is 33.6. The summed E-state index contributed by atoms with van der Waals surface area (Å²) >= 11 is 7.67. The van der Waals surface area contributed by atoms with E-state index < -0.39 is 36.1 Å². The molecular formula is C34H41ClN2O4S. The monoisotopic (exact) mass is 608 g/mol. The van der Waals surface area contributed by atoms with Crippen molar-refractivity contribution in [2.75, 3.05) is 5.75 Å².